The summed E-state index contributed by atoms with van der Waals surface area (Å²) < 4.78 is 0. The molecule has 1 heterocycles. The van der Waals surface area contributed by atoms with Gasteiger partial charge in [0.25, 0.3) is 0 Å². The topological polar surface area (TPSA) is 62.0 Å². The van der Waals surface area contributed by atoms with Gasteiger partial charge in [-0.05, 0) is 50.6 Å². The summed E-state index contributed by atoms with van der Waals surface area (Å²) >= 11 is 6.03. The van der Waals surface area contributed by atoms with Crippen LogP contribution < -0.4 is 5.32 Å². The lowest BCUT2D eigenvalue weighted by Crippen LogP contribution is -2.34. The molecule has 128 valence electrons. The van der Waals surface area contributed by atoms with Crippen molar-refractivity contribution in [1.29, 1.82) is 0 Å². The zero-order valence-corrected chi connectivity index (χ0v) is 15.1. The molecule has 0 aliphatic heterocycles. The highest BCUT2D eigenvalue weighted by molar-refractivity contribution is 6.31. The summed E-state index contributed by atoms with van der Waals surface area (Å²) in [5.74, 6) is -0.187. The first kappa shape index (κ1) is 17.2. The first-order chi connectivity index (χ1) is 11.8. The molecule has 0 bridgehead atoms. The second kappa shape index (κ2) is 6.37. The van der Waals surface area contributed by atoms with Crippen molar-refractivity contribution in [3.8, 4) is 0 Å². The van der Waals surface area contributed by atoms with Crippen molar-refractivity contribution in [3.05, 3.63) is 64.8 Å². The number of amides is 1. The zero-order valence-electron chi connectivity index (χ0n) is 14.3. The summed E-state index contributed by atoms with van der Waals surface area (Å²) in [4.78, 5) is 27.6. The Hall–Kier alpha value is -2.59. The first-order valence-electron chi connectivity index (χ1n) is 7.98. The van der Waals surface area contributed by atoms with E-state index in [1.165, 1.54) is 6.92 Å². The number of ketones is 1. The van der Waals surface area contributed by atoms with Crippen LogP contribution in [0, 0.1) is 0 Å². The number of carbonyl (C=O) groups excluding carboxylic acids is 2. The minimum absolute atomic E-state index is 0.0381. The van der Waals surface area contributed by atoms with Crippen molar-refractivity contribution in [3.63, 3.8) is 0 Å². The van der Waals surface area contributed by atoms with Gasteiger partial charge in [-0.25, -0.2) is 0 Å². The number of Topliss-reactive ketones (excluding diaryl/α,β-unsaturated/α-hetero) is 1. The number of benzene rings is 2. The smallest absolute Gasteiger partial charge is 0.234 e. The van der Waals surface area contributed by atoms with E-state index >= 15 is 0 Å². The van der Waals surface area contributed by atoms with Gasteiger partial charge in [-0.3, -0.25) is 9.59 Å². The van der Waals surface area contributed by atoms with E-state index in [1.54, 1.807) is 24.3 Å². The van der Waals surface area contributed by atoms with Crippen molar-refractivity contribution in [2.24, 2.45) is 0 Å². The summed E-state index contributed by atoms with van der Waals surface area (Å²) in [7, 11) is 0. The number of nitrogens with one attached hydrogen (secondary N) is 2. The molecule has 0 unspecified atom stereocenters. The number of fused-ring (bicyclic) bond motifs is 1. The third kappa shape index (κ3) is 3.30. The van der Waals surface area contributed by atoms with Gasteiger partial charge >= 0.3 is 0 Å². The van der Waals surface area contributed by atoms with Gasteiger partial charge in [0, 0.05) is 33.4 Å². The van der Waals surface area contributed by atoms with Crippen LogP contribution >= 0.6 is 11.6 Å². The molecule has 0 fully saturated rings. The second-order valence-electron chi connectivity index (χ2n) is 6.61. The minimum Gasteiger partial charge on any atom is -0.361 e. The van der Waals surface area contributed by atoms with Crippen molar-refractivity contribution in [2.75, 3.05) is 5.32 Å². The Bertz CT molecular complexity index is 973. The van der Waals surface area contributed by atoms with Crippen LogP contribution in [0.1, 0.15) is 36.7 Å². The number of carbonyl (C=O) groups is 2. The Balaban J connectivity index is 1.92. The van der Waals surface area contributed by atoms with Crippen LogP contribution in [-0.2, 0) is 10.2 Å². The molecule has 0 atom stereocenters. The highest BCUT2D eigenvalue weighted by atomic mass is 35.5. The molecule has 0 aliphatic rings. The maximum absolute atomic E-state index is 12.9. The molecule has 0 spiro atoms. The van der Waals surface area contributed by atoms with Crippen LogP contribution in [0.5, 0.6) is 0 Å². The molecule has 0 radical (unpaired) electrons. The summed E-state index contributed by atoms with van der Waals surface area (Å²) in [6.07, 6.45) is 1.84. The maximum Gasteiger partial charge on any atom is 0.234 e. The van der Waals surface area contributed by atoms with Crippen LogP contribution in [-0.4, -0.2) is 16.7 Å². The predicted molar refractivity (Wildman–Crippen MR) is 101 cm³/mol. The largest absolute Gasteiger partial charge is 0.361 e. The SMILES string of the molecule is CC(=O)c1cccc(NC(=O)C(C)(C)c2c[nH]c3cc(Cl)ccc23)c1. The quantitative estimate of drug-likeness (QED) is 0.652. The van der Waals surface area contributed by atoms with E-state index in [0.717, 1.165) is 16.5 Å². The average Bonchev–Trinajstić information content (AvgIpc) is 2.98. The van der Waals surface area contributed by atoms with Crippen LogP contribution in [0.25, 0.3) is 10.9 Å². The third-order valence-corrected chi connectivity index (χ3v) is 4.65. The third-order valence-electron chi connectivity index (χ3n) is 4.41. The molecule has 0 aliphatic carbocycles. The van der Waals surface area contributed by atoms with E-state index in [9.17, 15) is 9.59 Å². The van der Waals surface area contributed by atoms with Crippen molar-refractivity contribution in [2.45, 2.75) is 26.2 Å². The molecule has 0 saturated carbocycles. The van der Waals surface area contributed by atoms with Crippen LogP contribution in [0.4, 0.5) is 5.69 Å². The Labute approximate surface area is 151 Å². The van der Waals surface area contributed by atoms with Crippen LogP contribution in [0.3, 0.4) is 0 Å². The number of aromatic amines is 1. The fraction of sp³-hybridized carbons (Fsp3) is 0.200. The van der Waals surface area contributed by atoms with Gasteiger partial charge in [-0.15, -0.1) is 0 Å². The van der Waals surface area contributed by atoms with Gasteiger partial charge in [0.05, 0.1) is 5.41 Å². The summed E-state index contributed by atoms with van der Waals surface area (Å²) in [5, 5.41) is 4.51. The summed E-state index contributed by atoms with van der Waals surface area (Å²) in [5.41, 5.74) is 2.19. The number of aromatic nitrogens is 1. The van der Waals surface area contributed by atoms with E-state index in [-0.39, 0.29) is 11.7 Å². The number of halogens is 1. The van der Waals surface area contributed by atoms with E-state index in [1.807, 2.05) is 38.2 Å². The first-order valence-corrected chi connectivity index (χ1v) is 8.36. The standard InChI is InChI=1S/C20H19ClN2O2/c1-12(24)13-5-4-6-15(9-13)23-19(25)20(2,3)17-11-22-18-10-14(21)7-8-16(17)18/h4-11,22H,1-3H3,(H,23,25). The summed E-state index contributed by atoms with van der Waals surface area (Å²) in [6, 6.07) is 12.5. The molecule has 3 rings (SSSR count). The lowest BCUT2D eigenvalue weighted by Gasteiger charge is -2.23. The molecule has 2 N–H and O–H groups in total. The van der Waals surface area contributed by atoms with Gasteiger partial charge < -0.3 is 10.3 Å². The molecule has 4 nitrogen and oxygen atoms in total. The lowest BCUT2D eigenvalue weighted by molar-refractivity contribution is -0.120. The number of H-pyrrole nitrogens is 1. The van der Waals surface area contributed by atoms with E-state index < -0.39 is 5.41 Å². The molecule has 5 heteroatoms. The van der Waals surface area contributed by atoms with Crippen LogP contribution in [0.2, 0.25) is 5.02 Å². The highest BCUT2D eigenvalue weighted by Crippen LogP contribution is 2.32. The van der Waals surface area contributed by atoms with Gasteiger partial charge in [-0.2, -0.15) is 0 Å². The number of rotatable bonds is 4. The molecule has 1 aromatic heterocycles. The van der Waals surface area contributed by atoms with Crippen molar-refractivity contribution >= 4 is 39.9 Å². The fourth-order valence-electron chi connectivity index (χ4n) is 2.84. The second-order valence-corrected chi connectivity index (χ2v) is 7.04. The zero-order chi connectivity index (χ0) is 18.2. The molecular weight excluding hydrogens is 336 g/mol. The molecule has 2 aromatic carbocycles. The van der Waals surface area contributed by atoms with E-state index in [2.05, 4.69) is 10.3 Å². The van der Waals surface area contributed by atoms with E-state index in [0.29, 0.717) is 16.3 Å². The van der Waals surface area contributed by atoms with Crippen molar-refractivity contribution < 1.29 is 9.59 Å². The van der Waals surface area contributed by atoms with Crippen LogP contribution in [0.15, 0.2) is 48.7 Å². The highest BCUT2D eigenvalue weighted by Gasteiger charge is 2.32. The fourth-order valence-corrected chi connectivity index (χ4v) is 3.01. The minimum atomic E-state index is -0.766. The summed E-state index contributed by atoms with van der Waals surface area (Å²) in [6.45, 7) is 5.24. The normalized spacial score (nSPS) is 11.5. The van der Waals surface area contributed by atoms with Gasteiger partial charge in [0.2, 0.25) is 5.91 Å². The molecule has 25 heavy (non-hydrogen) atoms. The number of hydrogen-bond donors (Lipinski definition) is 2. The Morgan fingerprint density at radius 1 is 1.12 bits per heavy atom. The molecule has 1 amide bonds. The van der Waals surface area contributed by atoms with Gasteiger partial charge in [0.1, 0.15) is 0 Å². The van der Waals surface area contributed by atoms with Crippen molar-refractivity contribution in [1.82, 2.24) is 4.98 Å². The Morgan fingerprint density at radius 2 is 1.88 bits per heavy atom. The Morgan fingerprint density at radius 3 is 2.60 bits per heavy atom. The Kier molecular flexibility index (Phi) is 4.39. The molecule has 0 saturated heterocycles. The predicted octanol–water partition coefficient (Wildman–Crippen LogP) is 4.94. The monoisotopic (exact) mass is 354 g/mol. The van der Waals surface area contributed by atoms with Gasteiger partial charge in [0.15, 0.2) is 5.78 Å². The number of hydrogen-bond acceptors (Lipinski definition) is 2. The van der Waals surface area contributed by atoms with Gasteiger partial charge in [-0.1, -0.05) is 29.8 Å². The average molecular weight is 355 g/mol. The lowest BCUT2D eigenvalue weighted by atomic mass is 9.83. The molecular formula is C20H19ClN2O2. The molecule has 3 aromatic rings. The number of anilines is 1. The maximum atomic E-state index is 12.9. The van der Waals surface area contributed by atoms with E-state index in [4.69, 9.17) is 11.6 Å².